The van der Waals surface area contributed by atoms with E-state index in [0.29, 0.717) is 44.4 Å². The lowest BCUT2D eigenvalue weighted by atomic mass is 10.1. The maximum atomic E-state index is 12.4. The van der Waals surface area contributed by atoms with Crippen molar-refractivity contribution >= 4 is 17.2 Å². The van der Waals surface area contributed by atoms with Gasteiger partial charge in [-0.25, -0.2) is 0 Å². The van der Waals surface area contributed by atoms with Gasteiger partial charge >= 0.3 is 0 Å². The lowest BCUT2D eigenvalue weighted by molar-refractivity contribution is -0.00969. The van der Waals surface area contributed by atoms with Crippen LogP contribution in [0.4, 0.5) is 0 Å². The number of piperidine rings is 1. The van der Waals surface area contributed by atoms with Gasteiger partial charge in [0.25, 0.3) is 11.8 Å². The smallest absolute Gasteiger partial charge is 0.263 e. The molecule has 3 heterocycles. The second kappa shape index (κ2) is 8.55. The second-order valence-corrected chi connectivity index (χ2v) is 7.35. The maximum absolute atomic E-state index is 12.4. The van der Waals surface area contributed by atoms with Crippen LogP contribution in [0.2, 0.25) is 0 Å². The average Bonchev–Trinajstić information content (AvgIpc) is 3.27. The van der Waals surface area contributed by atoms with E-state index in [-0.39, 0.29) is 12.0 Å². The van der Waals surface area contributed by atoms with E-state index in [9.17, 15) is 4.79 Å². The Hall–Kier alpha value is -1.77. The van der Waals surface area contributed by atoms with Crippen LogP contribution in [0.25, 0.3) is 0 Å². The fourth-order valence-corrected chi connectivity index (χ4v) is 3.60. The minimum Gasteiger partial charge on any atom is -0.384 e. The van der Waals surface area contributed by atoms with Gasteiger partial charge in [-0.05, 0) is 31.9 Å². The molecule has 0 unspecified atom stereocenters. The zero-order chi connectivity index (χ0) is 17.6. The van der Waals surface area contributed by atoms with Gasteiger partial charge in [0.05, 0.1) is 17.6 Å². The largest absolute Gasteiger partial charge is 0.384 e. The summed E-state index contributed by atoms with van der Waals surface area (Å²) in [6.45, 7) is 4.31. The van der Waals surface area contributed by atoms with E-state index in [4.69, 9.17) is 14.0 Å². The minimum atomic E-state index is 0.114. The van der Waals surface area contributed by atoms with Gasteiger partial charge in [0, 0.05) is 31.5 Å². The zero-order valence-corrected chi connectivity index (χ0v) is 15.4. The summed E-state index contributed by atoms with van der Waals surface area (Å²) in [6, 6.07) is 3.89. The number of carbonyl (C=O) groups excluding carboxylic acids is 1. The molecule has 1 amide bonds. The fourth-order valence-electron chi connectivity index (χ4n) is 2.76. The third kappa shape index (κ3) is 4.87. The van der Waals surface area contributed by atoms with E-state index in [1.54, 1.807) is 18.4 Å². The molecule has 3 rings (SSSR count). The number of methoxy groups -OCH3 is 1. The molecule has 1 aliphatic heterocycles. The molecule has 2 aromatic heterocycles. The lowest BCUT2D eigenvalue weighted by Crippen LogP contribution is -2.40. The van der Waals surface area contributed by atoms with Crippen molar-refractivity contribution in [3.8, 4) is 0 Å². The molecule has 136 valence electrons. The van der Waals surface area contributed by atoms with Crippen LogP contribution in [-0.4, -0.2) is 53.9 Å². The molecular weight excluding hydrogens is 342 g/mol. The Morgan fingerprint density at radius 2 is 2.20 bits per heavy atom. The summed E-state index contributed by atoms with van der Waals surface area (Å²) in [6.07, 6.45) is 2.38. The molecule has 0 atom stereocenters. The van der Waals surface area contributed by atoms with Crippen molar-refractivity contribution in [2.24, 2.45) is 0 Å². The number of hydrogen-bond donors (Lipinski definition) is 0. The highest BCUT2D eigenvalue weighted by Gasteiger charge is 2.25. The first-order valence-corrected chi connectivity index (χ1v) is 9.25. The highest BCUT2D eigenvalue weighted by atomic mass is 32.1. The maximum Gasteiger partial charge on any atom is 0.263 e. The van der Waals surface area contributed by atoms with Crippen molar-refractivity contribution in [3.05, 3.63) is 33.6 Å². The van der Waals surface area contributed by atoms with Crippen molar-refractivity contribution < 1.29 is 18.8 Å². The number of aryl methyl sites for hydroxylation is 1. The van der Waals surface area contributed by atoms with Gasteiger partial charge in [0.2, 0.25) is 0 Å². The van der Waals surface area contributed by atoms with Crippen molar-refractivity contribution in [1.29, 1.82) is 0 Å². The molecule has 0 spiro atoms. The van der Waals surface area contributed by atoms with Crippen LogP contribution in [0.3, 0.4) is 0 Å². The van der Waals surface area contributed by atoms with Gasteiger partial charge in [-0.1, -0.05) is 5.16 Å². The first kappa shape index (κ1) is 18.0. The predicted molar refractivity (Wildman–Crippen MR) is 92.6 cm³/mol. The van der Waals surface area contributed by atoms with E-state index >= 15 is 0 Å². The van der Waals surface area contributed by atoms with Gasteiger partial charge in [-0.3, -0.25) is 4.79 Å². The Labute approximate surface area is 150 Å². The van der Waals surface area contributed by atoms with Crippen LogP contribution in [-0.2, 0) is 22.5 Å². The summed E-state index contributed by atoms with van der Waals surface area (Å²) in [5, 5.41) is 3.89. The zero-order valence-electron chi connectivity index (χ0n) is 14.6. The van der Waals surface area contributed by atoms with Crippen LogP contribution in [0, 0.1) is 6.92 Å². The number of aromatic nitrogens is 2. The van der Waals surface area contributed by atoms with E-state index in [0.717, 1.165) is 22.6 Å². The number of carbonyl (C=O) groups is 1. The average molecular weight is 365 g/mol. The van der Waals surface area contributed by atoms with E-state index in [1.807, 2.05) is 24.0 Å². The molecule has 1 saturated heterocycles. The molecule has 0 bridgehead atoms. The van der Waals surface area contributed by atoms with Crippen LogP contribution >= 0.6 is 11.3 Å². The summed E-state index contributed by atoms with van der Waals surface area (Å²) in [4.78, 5) is 20.6. The normalized spacial score (nSPS) is 15.7. The van der Waals surface area contributed by atoms with Crippen molar-refractivity contribution in [2.75, 3.05) is 26.8 Å². The summed E-state index contributed by atoms with van der Waals surface area (Å²) < 4.78 is 16.0. The summed E-state index contributed by atoms with van der Waals surface area (Å²) in [5.74, 6) is 1.24. The SMILES string of the molecule is COCCc1noc(COC2CCN(C(=O)c3ccc(C)s3)CC2)n1. The predicted octanol–water partition coefficient (Wildman–Crippen LogP) is 2.45. The van der Waals surface area contributed by atoms with Crippen LogP contribution in [0.5, 0.6) is 0 Å². The van der Waals surface area contributed by atoms with Gasteiger partial charge in [-0.15, -0.1) is 11.3 Å². The van der Waals surface area contributed by atoms with Gasteiger partial charge in [0.1, 0.15) is 6.61 Å². The number of hydrogen-bond acceptors (Lipinski definition) is 7. The topological polar surface area (TPSA) is 77.7 Å². The van der Waals surface area contributed by atoms with Crippen LogP contribution in [0.1, 0.15) is 39.1 Å². The van der Waals surface area contributed by atoms with Crippen molar-refractivity contribution in [3.63, 3.8) is 0 Å². The Morgan fingerprint density at radius 1 is 1.40 bits per heavy atom. The second-order valence-electron chi connectivity index (χ2n) is 6.06. The molecular formula is C17H23N3O4S. The van der Waals surface area contributed by atoms with Gasteiger partial charge < -0.3 is 18.9 Å². The fraction of sp³-hybridized carbons (Fsp3) is 0.588. The molecule has 1 aliphatic rings. The Morgan fingerprint density at radius 3 is 2.88 bits per heavy atom. The number of rotatable bonds is 7. The Kier molecular flexibility index (Phi) is 6.17. The molecule has 0 radical (unpaired) electrons. The molecule has 0 N–H and O–H groups in total. The highest BCUT2D eigenvalue weighted by Crippen LogP contribution is 2.21. The molecule has 25 heavy (non-hydrogen) atoms. The minimum absolute atomic E-state index is 0.114. The third-order valence-corrected chi connectivity index (χ3v) is 5.15. The molecule has 0 saturated carbocycles. The highest BCUT2D eigenvalue weighted by molar-refractivity contribution is 7.13. The molecule has 8 heteroatoms. The standard InChI is InChI=1S/C17H23N3O4S/c1-12-3-4-14(25-12)17(21)20-8-5-13(6-9-20)23-11-16-18-15(19-24-16)7-10-22-2/h3-4,13H,5-11H2,1-2H3. The number of thiophene rings is 1. The van der Waals surface area contributed by atoms with Gasteiger partial charge in [-0.2, -0.15) is 4.98 Å². The van der Waals surface area contributed by atoms with E-state index < -0.39 is 0 Å². The number of ether oxygens (including phenoxy) is 2. The van der Waals surface area contributed by atoms with Crippen LogP contribution < -0.4 is 0 Å². The van der Waals surface area contributed by atoms with E-state index in [2.05, 4.69) is 10.1 Å². The Bertz CT molecular complexity index is 692. The lowest BCUT2D eigenvalue weighted by Gasteiger charge is -2.31. The third-order valence-electron chi connectivity index (χ3n) is 4.16. The number of amides is 1. The quantitative estimate of drug-likeness (QED) is 0.750. The van der Waals surface area contributed by atoms with Crippen molar-refractivity contribution in [2.45, 2.75) is 38.9 Å². The first-order chi connectivity index (χ1) is 12.2. The summed E-state index contributed by atoms with van der Waals surface area (Å²) in [5.41, 5.74) is 0. The van der Waals surface area contributed by atoms with Crippen LogP contribution in [0.15, 0.2) is 16.7 Å². The first-order valence-electron chi connectivity index (χ1n) is 8.43. The molecule has 0 aliphatic carbocycles. The molecule has 7 nitrogen and oxygen atoms in total. The summed E-state index contributed by atoms with van der Waals surface area (Å²) in [7, 11) is 1.64. The molecule has 0 aromatic carbocycles. The Balaban J connectivity index is 1.42. The van der Waals surface area contributed by atoms with Crippen molar-refractivity contribution in [1.82, 2.24) is 15.0 Å². The molecule has 2 aromatic rings. The monoisotopic (exact) mass is 365 g/mol. The molecule has 1 fully saturated rings. The summed E-state index contributed by atoms with van der Waals surface area (Å²) >= 11 is 1.55. The van der Waals surface area contributed by atoms with Gasteiger partial charge in [0.15, 0.2) is 5.82 Å². The number of nitrogens with zero attached hydrogens (tertiary/aromatic N) is 3. The number of likely N-dealkylation sites (tertiary alicyclic amines) is 1. The van der Waals surface area contributed by atoms with E-state index in [1.165, 1.54) is 0 Å².